The Morgan fingerprint density at radius 1 is 0.870 bits per heavy atom. The lowest BCUT2D eigenvalue weighted by Crippen LogP contribution is -2.61. The molecule has 0 radical (unpaired) electrons. The number of nitrogens with zero attached hydrogens (tertiary/aromatic N) is 1. The summed E-state index contributed by atoms with van der Waals surface area (Å²) in [4.78, 5) is 57.8. The first-order valence-electron chi connectivity index (χ1n) is 24.9. The second kappa shape index (κ2) is 26.7. The number of ketones is 3. The van der Waals surface area contributed by atoms with Gasteiger partial charge in [0.1, 0.15) is 18.0 Å². The Bertz CT molecular complexity index is 1940. The Kier molecular flexibility index (Phi) is 22.6. The van der Waals surface area contributed by atoms with Crippen molar-refractivity contribution >= 4 is 30.6 Å². The van der Waals surface area contributed by atoms with Crippen LogP contribution in [0.15, 0.2) is 59.8 Å². The zero-order valence-electron chi connectivity index (χ0n) is 43.3. The molecule has 15 nitrogen and oxygen atoms in total. The van der Waals surface area contributed by atoms with Crippen LogP contribution < -0.4 is 0 Å². The van der Waals surface area contributed by atoms with Crippen molar-refractivity contribution in [1.82, 2.24) is 4.90 Å². The minimum atomic E-state index is -2.78. The molecule has 1 saturated heterocycles. The molecular weight excluding hydrogens is 906 g/mol. The average molecular weight is 990 g/mol. The number of amides is 1. The molecule has 390 valence electrons. The zero-order valence-corrected chi connectivity index (χ0v) is 44.2. The van der Waals surface area contributed by atoms with Gasteiger partial charge in [-0.05, 0) is 94.1 Å². The molecule has 3 N–H and O–H groups in total. The lowest BCUT2D eigenvalue weighted by Gasteiger charge is -2.43. The van der Waals surface area contributed by atoms with Crippen molar-refractivity contribution in [2.45, 2.75) is 174 Å². The van der Waals surface area contributed by atoms with Crippen molar-refractivity contribution in [3.8, 4) is 0 Å². The Morgan fingerprint density at radius 2 is 1.58 bits per heavy atom. The number of fused-ring (bicyclic) bond motifs is 3. The summed E-state index contributed by atoms with van der Waals surface area (Å²) in [5.41, 5.74) is 1.27. The molecule has 4 rings (SSSR count). The van der Waals surface area contributed by atoms with E-state index in [4.69, 9.17) is 28.2 Å². The Morgan fingerprint density at radius 3 is 2.23 bits per heavy atom. The fourth-order valence-corrected chi connectivity index (χ4v) is 11.3. The minimum absolute atomic E-state index is 0.0144. The molecule has 1 amide bonds. The third-order valence-corrected chi connectivity index (χ3v) is 15.5. The molecule has 0 unspecified atom stereocenters. The first kappa shape index (κ1) is 58.6. The van der Waals surface area contributed by atoms with Gasteiger partial charge in [-0.3, -0.25) is 23.7 Å². The molecule has 3 heterocycles. The SMILES string of the molecule is CO[C@H]1C[C@@H]2CC[C@@H](C)[C@@](O)(O2)C(=O)C(=O)N2CC=CC[C@H]2[C@H](O)O[C@H]([C@@H](C)C[C@@H]2CC[C@@H](OP(C)(C)=O)[C@H](OC)C2)CC(=O)[C@H](C)/C=C(\C)[C@@H](O)[C@@H](OC)C(=O)[C@H](C)C[C@H](C)/C=C/C=C/C=C/1C. The fourth-order valence-electron chi connectivity index (χ4n) is 10.4. The Labute approximate surface area is 411 Å². The second-order valence-corrected chi connectivity index (χ2v) is 23.4. The predicted octanol–water partition coefficient (Wildman–Crippen LogP) is 7.31. The first-order chi connectivity index (χ1) is 32.4. The van der Waals surface area contributed by atoms with Crippen molar-refractivity contribution in [2.75, 3.05) is 41.2 Å². The van der Waals surface area contributed by atoms with Crippen molar-refractivity contribution in [3.63, 3.8) is 0 Å². The van der Waals surface area contributed by atoms with Crippen LogP contribution in [0.1, 0.15) is 113 Å². The lowest BCUT2D eigenvalue weighted by atomic mass is 9.78. The summed E-state index contributed by atoms with van der Waals surface area (Å²) in [5, 5.41) is 35.5. The van der Waals surface area contributed by atoms with Crippen LogP contribution >= 0.6 is 7.37 Å². The third-order valence-electron chi connectivity index (χ3n) is 14.7. The van der Waals surface area contributed by atoms with E-state index in [0.717, 1.165) is 12.0 Å². The number of allylic oxidation sites excluding steroid dienone is 6. The summed E-state index contributed by atoms with van der Waals surface area (Å²) in [7, 11) is 1.78. The monoisotopic (exact) mass is 990 g/mol. The van der Waals surface area contributed by atoms with E-state index in [9.17, 15) is 39.1 Å². The normalized spacial score (nSPS) is 40.0. The summed E-state index contributed by atoms with van der Waals surface area (Å²) < 4.78 is 48.4. The molecule has 2 bridgehead atoms. The van der Waals surface area contributed by atoms with Gasteiger partial charge in [-0.2, -0.15) is 0 Å². The van der Waals surface area contributed by atoms with Gasteiger partial charge in [0.25, 0.3) is 11.7 Å². The lowest BCUT2D eigenvalue weighted by molar-refractivity contribution is -0.266. The summed E-state index contributed by atoms with van der Waals surface area (Å²) in [5.74, 6) is -7.21. The highest BCUT2D eigenvalue weighted by atomic mass is 31.2. The Hall–Kier alpha value is -2.95. The van der Waals surface area contributed by atoms with E-state index in [2.05, 4.69) is 0 Å². The number of aliphatic hydroxyl groups excluding tert-OH is 2. The van der Waals surface area contributed by atoms with Crippen molar-refractivity contribution in [1.29, 1.82) is 0 Å². The number of hydrogen-bond donors (Lipinski definition) is 3. The molecule has 0 spiro atoms. The summed E-state index contributed by atoms with van der Waals surface area (Å²) in [6.45, 7) is 15.8. The molecule has 2 fully saturated rings. The molecule has 1 saturated carbocycles. The molecule has 16 atom stereocenters. The molecule has 4 aliphatic rings. The molecule has 16 heteroatoms. The highest BCUT2D eigenvalue weighted by molar-refractivity contribution is 7.57. The predicted molar refractivity (Wildman–Crippen MR) is 264 cm³/mol. The smallest absolute Gasteiger partial charge is 0.296 e. The van der Waals surface area contributed by atoms with Crippen molar-refractivity contribution in [2.24, 2.45) is 35.5 Å². The molecule has 0 aromatic heterocycles. The molecule has 3 aliphatic heterocycles. The first-order valence-corrected chi connectivity index (χ1v) is 27.5. The van der Waals surface area contributed by atoms with E-state index in [1.54, 1.807) is 66.5 Å². The van der Waals surface area contributed by atoms with Crippen molar-refractivity contribution in [3.05, 3.63) is 59.8 Å². The number of carbonyl (C=O) groups excluding carboxylic acids is 4. The van der Waals surface area contributed by atoms with Crippen LogP contribution in [-0.2, 0) is 52.0 Å². The number of carbonyl (C=O) groups is 4. The third kappa shape index (κ3) is 16.3. The quantitative estimate of drug-likeness (QED) is 0.124. The number of aliphatic hydroxyl groups is 3. The second-order valence-electron chi connectivity index (χ2n) is 20.7. The van der Waals surface area contributed by atoms with E-state index in [1.807, 2.05) is 58.1 Å². The minimum Gasteiger partial charge on any atom is -0.386 e. The van der Waals surface area contributed by atoms with Crippen LogP contribution in [0.25, 0.3) is 0 Å². The van der Waals surface area contributed by atoms with Gasteiger partial charge >= 0.3 is 0 Å². The van der Waals surface area contributed by atoms with Gasteiger partial charge in [0.05, 0.1) is 36.6 Å². The van der Waals surface area contributed by atoms with E-state index in [0.29, 0.717) is 50.5 Å². The van der Waals surface area contributed by atoms with E-state index >= 15 is 0 Å². The largest absolute Gasteiger partial charge is 0.386 e. The summed E-state index contributed by atoms with van der Waals surface area (Å²) in [6, 6.07) is -1.05. The van der Waals surface area contributed by atoms with Crippen LogP contribution in [-0.4, -0.2) is 146 Å². The van der Waals surface area contributed by atoms with E-state index < -0.39 is 85.5 Å². The number of rotatable bonds is 8. The number of hydrogen-bond acceptors (Lipinski definition) is 14. The van der Waals surface area contributed by atoms with Gasteiger partial charge in [0.15, 0.2) is 19.4 Å². The molecule has 0 aromatic carbocycles. The maximum atomic E-state index is 14.3. The Balaban J connectivity index is 1.70. The van der Waals surface area contributed by atoms with Crippen LogP contribution in [0.4, 0.5) is 0 Å². The highest BCUT2D eigenvalue weighted by Gasteiger charge is 2.53. The van der Waals surface area contributed by atoms with Crippen LogP contribution in [0.5, 0.6) is 0 Å². The standard InChI is InChI=1S/C53H84NO14P/c1-32-18-14-13-15-19-33(2)44(63-8)30-40-23-21-38(7)53(61,67-40)50(58)51(59)54-25-17-16-20-41(54)52(60)66-45(35(4)28-39-22-24-43(46(29-39)64-9)68-69(11,12)62)31-42(55)34(3)27-37(6)48(57)49(65-10)47(56)36(5)26-32/h13-19,27,32,34-36,38-41,43-46,48-49,52,57,60-61H,20-26,28-31H2,1-12H3/b15-13+,18-14+,33-19+,37-27+/t32-,34-,35+,36-,38-,39+,40+,41+,43-,44+,45+,46-,48-,49+,52-,53-/m1/s1. The summed E-state index contributed by atoms with van der Waals surface area (Å²) in [6.07, 6.45) is 12.3. The van der Waals surface area contributed by atoms with Crippen LogP contribution in [0.3, 0.4) is 0 Å². The van der Waals surface area contributed by atoms with Gasteiger partial charge in [-0.15, -0.1) is 0 Å². The number of Topliss-reactive ketones (excluding diaryl/α,β-unsaturated/α-hetero) is 3. The average Bonchev–Trinajstić information content (AvgIpc) is 3.30. The van der Waals surface area contributed by atoms with Crippen molar-refractivity contribution < 1.29 is 67.3 Å². The fraction of sp³-hybridized carbons (Fsp3) is 0.736. The summed E-state index contributed by atoms with van der Waals surface area (Å²) >= 11 is 0. The van der Waals surface area contributed by atoms with Crippen LogP contribution in [0, 0.1) is 35.5 Å². The number of methoxy groups -OCH3 is 3. The van der Waals surface area contributed by atoms with E-state index in [-0.39, 0.29) is 60.9 Å². The van der Waals surface area contributed by atoms with Gasteiger partial charge in [-0.25, -0.2) is 0 Å². The van der Waals surface area contributed by atoms with Gasteiger partial charge in [-0.1, -0.05) is 83.2 Å². The van der Waals surface area contributed by atoms with Gasteiger partial charge < -0.3 is 48.4 Å². The molecule has 0 aromatic rings. The topological polar surface area (TPSA) is 205 Å². The highest BCUT2D eigenvalue weighted by Crippen LogP contribution is 2.45. The molecular formula is C53H84NO14P. The van der Waals surface area contributed by atoms with Crippen LogP contribution in [0.2, 0.25) is 0 Å². The maximum absolute atomic E-state index is 14.3. The maximum Gasteiger partial charge on any atom is 0.296 e. The molecule has 1 aliphatic carbocycles. The zero-order chi connectivity index (χ0) is 51.4. The van der Waals surface area contributed by atoms with Gasteiger partial charge in [0, 0.05) is 71.8 Å². The van der Waals surface area contributed by atoms with Gasteiger partial charge in [0.2, 0.25) is 5.79 Å². The van der Waals surface area contributed by atoms with E-state index in [1.165, 1.54) is 12.0 Å². The molecule has 69 heavy (non-hydrogen) atoms. The number of ether oxygens (including phenoxy) is 5.